The van der Waals surface area contributed by atoms with Crippen LogP contribution in [0.3, 0.4) is 0 Å². The molecule has 1 saturated heterocycles. The molecule has 1 aliphatic heterocycles. The monoisotopic (exact) mass is 491 g/mol. The molecule has 2 aromatic carbocycles. The Kier molecular flexibility index (Phi) is 6.76. The highest BCUT2D eigenvalue weighted by Crippen LogP contribution is 2.40. The molecule has 37 heavy (non-hydrogen) atoms. The molecule has 7 nitrogen and oxygen atoms in total. The van der Waals surface area contributed by atoms with Crippen LogP contribution in [-0.4, -0.2) is 31.7 Å². The second-order valence-electron chi connectivity index (χ2n) is 8.87. The van der Waals surface area contributed by atoms with Gasteiger partial charge in [-0.05, 0) is 72.1 Å². The number of amides is 1. The molecule has 0 bridgehead atoms. The first-order chi connectivity index (χ1) is 18.0. The van der Waals surface area contributed by atoms with Gasteiger partial charge in [0.15, 0.2) is 0 Å². The number of likely N-dealkylation sites (tertiary alicyclic amines) is 1. The van der Waals surface area contributed by atoms with Gasteiger partial charge < -0.3 is 14.7 Å². The summed E-state index contributed by atoms with van der Waals surface area (Å²) in [6, 6.07) is 21.2. The van der Waals surface area contributed by atoms with E-state index in [1.807, 2.05) is 25.1 Å². The van der Waals surface area contributed by atoms with Crippen molar-refractivity contribution in [1.29, 1.82) is 0 Å². The highest BCUT2D eigenvalue weighted by molar-refractivity contribution is 6.46. The number of aliphatic hydroxyl groups is 1. The highest BCUT2D eigenvalue weighted by Gasteiger charge is 2.46. The van der Waals surface area contributed by atoms with Crippen LogP contribution < -0.4 is 4.74 Å². The molecule has 0 radical (unpaired) electrons. The summed E-state index contributed by atoms with van der Waals surface area (Å²) in [5.41, 5.74) is 4.18. The number of benzene rings is 2. The summed E-state index contributed by atoms with van der Waals surface area (Å²) in [7, 11) is 0. The summed E-state index contributed by atoms with van der Waals surface area (Å²) in [6.45, 7) is 2.64. The Bertz CT molecular complexity index is 1450. The zero-order valence-electron chi connectivity index (χ0n) is 20.2. The molecule has 184 valence electrons. The van der Waals surface area contributed by atoms with Crippen molar-refractivity contribution in [2.45, 2.75) is 26.1 Å². The van der Waals surface area contributed by atoms with Crippen molar-refractivity contribution >= 4 is 17.4 Å². The maximum Gasteiger partial charge on any atom is 0.295 e. The molecule has 0 unspecified atom stereocenters. The molecule has 1 aliphatic rings. The molecule has 2 aromatic heterocycles. The summed E-state index contributed by atoms with van der Waals surface area (Å²) in [6.07, 6.45) is 6.47. The molecule has 0 spiro atoms. The van der Waals surface area contributed by atoms with Crippen LogP contribution in [0.5, 0.6) is 5.75 Å². The van der Waals surface area contributed by atoms with Gasteiger partial charge >= 0.3 is 0 Å². The van der Waals surface area contributed by atoms with E-state index in [9.17, 15) is 14.7 Å². The van der Waals surface area contributed by atoms with E-state index in [4.69, 9.17) is 4.74 Å². The molecule has 7 heteroatoms. The van der Waals surface area contributed by atoms with Gasteiger partial charge in [-0.1, -0.05) is 29.8 Å². The van der Waals surface area contributed by atoms with Crippen molar-refractivity contribution in [3.8, 4) is 5.75 Å². The number of rotatable bonds is 7. The number of aromatic nitrogens is 2. The highest BCUT2D eigenvalue weighted by atomic mass is 16.5. The third kappa shape index (κ3) is 5.11. The van der Waals surface area contributed by atoms with Gasteiger partial charge in [0.05, 0.1) is 11.6 Å². The Labute approximate surface area is 214 Å². The van der Waals surface area contributed by atoms with Gasteiger partial charge in [-0.2, -0.15) is 0 Å². The van der Waals surface area contributed by atoms with Crippen molar-refractivity contribution in [2.24, 2.45) is 0 Å². The average molecular weight is 492 g/mol. The molecule has 1 fully saturated rings. The van der Waals surface area contributed by atoms with Crippen LogP contribution in [0.1, 0.15) is 33.9 Å². The van der Waals surface area contributed by atoms with E-state index in [1.165, 1.54) is 4.90 Å². The van der Waals surface area contributed by atoms with E-state index >= 15 is 0 Å². The number of nitrogens with zero attached hydrogens (tertiary/aromatic N) is 3. The van der Waals surface area contributed by atoms with E-state index in [1.54, 1.807) is 73.3 Å². The first-order valence-electron chi connectivity index (χ1n) is 11.9. The Hall–Kier alpha value is -4.78. The smallest absolute Gasteiger partial charge is 0.295 e. The van der Waals surface area contributed by atoms with E-state index in [2.05, 4.69) is 16.0 Å². The van der Waals surface area contributed by atoms with E-state index < -0.39 is 17.7 Å². The molecule has 5 rings (SSSR count). The number of aliphatic hydroxyl groups excluding tert-OH is 1. The van der Waals surface area contributed by atoms with E-state index in [0.717, 1.165) is 16.7 Å². The number of carbonyl (C=O) groups excluding carboxylic acids is 2. The largest absolute Gasteiger partial charge is 0.507 e. The minimum atomic E-state index is -0.756. The Morgan fingerprint density at radius 3 is 2.24 bits per heavy atom. The molecular weight excluding hydrogens is 466 g/mol. The quantitative estimate of drug-likeness (QED) is 0.223. The van der Waals surface area contributed by atoms with Crippen molar-refractivity contribution in [2.75, 3.05) is 0 Å². The molecule has 0 saturated carbocycles. The van der Waals surface area contributed by atoms with Crippen molar-refractivity contribution in [3.63, 3.8) is 0 Å². The average Bonchev–Trinajstić information content (AvgIpc) is 3.18. The van der Waals surface area contributed by atoms with Gasteiger partial charge in [-0.25, -0.2) is 0 Å². The second kappa shape index (κ2) is 10.5. The lowest BCUT2D eigenvalue weighted by Gasteiger charge is -2.25. The lowest BCUT2D eigenvalue weighted by molar-refractivity contribution is -0.140. The first-order valence-corrected chi connectivity index (χ1v) is 11.9. The minimum Gasteiger partial charge on any atom is -0.507 e. The number of pyridine rings is 2. The lowest BCUT2D eigenvalue weighted by atomic mass is 9.96. The molecule has 1 N–H and O–H groups in total. The zero-order valence-corrected chi connectivity index (χ0v) is 20.2. The normalized spacial score (nSPS) is 16.7. The number of ether oxygens (including phenoxy) is 1. The molecule has 3 heterocycles. The van der Waals surface area contributed by atoms with Crippen LogP contribution in [0.2, 0.25) is 0 Å². The van der Waals surface area contributed by atoms with E-state index in [-0.39, 0.29) is 17.9 Å². The van der Waals surface area contributed by atoms with Crippen LogP contribution in [0, 0.1) is 6.92 Å². The fourth-order valence-electron chi connectivity index (χ4n) is 4.45. The van der Waals surface area contributed by atoms with Crippen LogP contribution >= 0.6 is 0 Å². The number of carbonyl (C=O) groups is 2. The predicted molar refractivity (Wildman–Crippen MR) is 138 cm³/mol. The van der Waals surface area contributed by atoms with Crippen LogP contribution in [-0.2, 0) is 22.7 Å². The third-order valence-electron chi connectivity index (χ3n) is 6.28. The topological polar surface area (TPSA) is 92.6 Å². The Balaban J connectivity index is 1.45. The maximum absolute atomic E-state index is 13.2. The zero-order chi connectivity index (χ0) is 25.8. The molecule has 1 amide bonds. The fourth-order valence-corrected chi connectivity index (χ4v) is 4.45. The van der Waals surface area contributed by atoms with Gasteiger partial charge in [-0.15, -0.1) is 0 Å². The van der Waals surface area contributed by atoms with Crippen LogP contribution in [0.15, 0.2) is 103 Å². The number of hydrogen-bond donors (Lipinski definition) is 1. The summed E-state index contributed by atoms with van der Waals surface area (Å²) in [4.78, 5) is 35.9. The third-order valence-corrected chi connectivity index (χ3v) is 6.28. The number of aryl methyl sites for hydroxylation is 1. The summed E-state index contributed by atoms with van der Waals surface area (Å²) < 4.78 is 5.88. The lowest BCUT2D eigenvalue weighted by Crippen LogP contribution is -2.29. The summed E-state index contributed by atoms with van der Waals surface area (Å²) in [5.74, 6) is -1.00. The van der Waals surface area contributed by atoms with Crippen LogP contribution in [0.25, 0.3) is 5.76 Å². The van der Waals surface area contributed by atoms with Crippen molar-refractivity contribution in [1.82, 2.24) is 14.9 Å². The number of hydrogen-bond acceptors (Lipinski definition) is 6. The standard InChI is InChI=1S/C30H25N3O4/c1-20-3-2-4-22(17-20)19-37-25-7-5-24(6-8-25)28(34)26-27(23-11-15-32-16-12-23)33(30(36)29(26)35)18-21-9-13-31-14-10-21/h2-17,27,34H,18-19H2,1H3/t27-/m1/s1. The van der Waals surface area contributed by atoms with Crippen molar-refractivity contribution in [3.05, 3.63) is 131 Å². The van der Waals surface area contributed by atoms with Gasteiger partial charge in [0.1, 0.15) is 18.1 Å². The molecule has 0 aliphatic carbocycles. The van der Waals surface area contributed by atoms with Crippen LogP contribution in [0.4, 0.5) is 0 Å². The van der Waals surface area contributed by atoms with Gasteiger partial charge in [0.25, 0.3) is 11.7 Å². The molecular formula is C30H25N3O4. The predicted octanol–water partition coefficient (Wildman–Crippen LogP) is 4.99. The Morgan fingerprint density at radius 1 is 0.892 bits per heavy atom. The number of ketones is 1. The van der Waals surface area contributed by atoms with Gasteiger partial charge in [-0.3, -0.25) is 19.6 Å². The van der Waals surface area contributed by atoms with E-state index in [0.29, 0.717) is 23.5 Å². The summed E-state index contributed by atoms with van der Waals surface area (Å²) in [5, 5.41) is 11.3. The minimum absolute atomic E-state index is 0.0404. The van der Waals surface area contributed by atoms with Crippen molar-refractivity contribution < 1.29 is 19.4 Å². The number of Topliss-reactive ketones (excluding diaryl/α,β-unsaturated/α-hetero) is 1. The molecule has 4 aromatic rings. The SMILES string of the molecule is Cc1cccc(COc2ccc(C(O)=C3C(=O)C(=O)N(Cc4ccncc4)[C@@H]3c3ccncc3)cc2)c1. The fraction of sp³-hybridized carbons (Fsp3) is 0.133. The molecule has 1 atom stereocenters. The summed E-state index contributed by atoms with van der Waals surface area (Å²) >= 11 is 0. The maximum atomic E-state index is 13.2. The van der Waals surface area contributed by atoms with Gasteiger partial charge in [0, 0.05) is 36.9 Å². The first kappa shape index (κ1) is 23.9. The second-order valence-corrected chi connectivity index (χ2v) is 8.87. The van der Waals surface area contributed by atoms with Gasteiger partial charge in [0.2, 0.25) is 0 Å². The Morgan fingerprint density at radius 2 is 1.57 bits per heavy atom.